The van der Waals surface area contributed by atoms with Crippen molar-refractivity contribution in [1.82, 2.24) is 24.8 Å². The van der Waals surface area contributed by atoms with Gasteiger partial charge < -0.3 is 15.6 Å². The summed E-state index contributed by atoms with van der Waals surface area (Å²) in [4.78, 5) is 21.4. The molecule has 2 aromatic carbocycles. The lowest BCUT2D eigenvalue weighted by Crippen LogP contribution is -2.11. The number of hydrogen-bond donors (Lipinski definition) is 2. The van der Waals surface area contributed by atoms with Crippen LogP contribution in [0.15, 0.2) is 65.4 Å². The molecule has 0 saturated carbocycles. The van der Waals surface area contributed by atoms with Crippen molar-refractivity contribution in [1.29, 1.82) is 0 Å². The van der Waals surface area contributed by atoms with Gasteiger partial charge >= 0.3 is 0 Å². The van der Waals surface area contributed by atoms with E-state index in [9.17, 15) is 4.79 Å². The number of aryl methyl sites for hydroxylation is 1. The summed E-state index contributed by atoms with van der Waals surface area (Å²) in [6.45, 7) is 0.664. The SMILES string of the molecule is Nc1nonc1-c1nc2ccccc2n1CCCCC(=O)Nc1ccc2ncccc2c1. The number of unbranched alkanes of at least 4 members (excludes halogenated alkanes) is 1. The first-order valence-corrected chi connectivity index (χ1v) is 10.4. The fourth-order valence-corrected chi connectivity index (χ4v) is 3.77. The average molecular weight is 427 g/mol. The van der Waals surface area contributed by atoms with Gasteiger partial charge in [0.05, 0.1) is 16.6 Å². The van der Waals surface area contributed by atoms with Gasteiger partial charge in [0.25, 0.3) is 0 Å². The first-order valence-electron chi connectivity index (χ1n) is 10.4. The van der Waals surface area contributed by atoms with Gasteiger partial charge in [0.2, 0.25) is 5.91 Å². The predicted molar refractivity (Wildman–Crippen MR) is 122 cm³/mol. The standard InChI is InChI=1S/C23H21N7O2/c24-22-21(28-32-29-22)23-27-18-7-1-2-8-19(18)30(23)13-4-3-9-20(31)26-16-10-11-17-15(14-16)6-5-12-25-17/h1-2,5-8,10-12,14H,3-4,9,13H2,(H2,24,29)(H,26,31). The van der Waals surface area contributed by atoms with Crippen LogP contribution in [0.25, 0.3) is 33.5 Å². The maximum absolute atomic E-state index is 12.4. The Kier molecular flexibility index (Phi) is 5.20. The summed E-state index contributed by atoms with van der Waals surface area (Å²) in [5, 5.41) is 11.5. The molecule has 0 radical (unpaired) electrons. The van der Waals surface area contributed by atoms with Crippen molar-refractivity contribution in [2.75, 3.05) is 11.1 Å². The van der Waals surface area contributed by atoms with Gasteiger partial charge in [0.1, 0.15) is 0 Å². The number of pyridine rings is 1. The largest absolute Gasteiger partial charge is 0.379 e. The molecular weight excluding hydrogens is 406 g/mol. The normalized spacial score (nSPS) is 11.2. The summed E-state index contributed by atoms with van der Waals surface area (Å²) < 4.78 is 6.80. The maximum Gasteiger partial charge on any atom is 0.224 e. The van der Waals surface area contributed by atoms with Crippen LogP contribution in [0.5, 0.6) is 0 Å². The number of nitrogen functional groups attached to an aromatic ring is 1. The summed E-state index contributed by atoms with van der Waals surface area (Å²) in [6.07, 6.45) is 3.68. The second kappa shape index (κ2) is 8.46. The van der Waals surface area contributed by atoms with Gasteiger partial charge in [-0.3, -0.25) is 9.78 Å². The Morgan fingerprint density at radius 2 is 1.94 bits per heavy atom. The van der Waals surface area contributed by atoms with E-state index in [0.29, 0.717) is 24.5 Å². The molecule has 0 unspecified atom stereocenters. The first-order chi connectivity index (χ1) is 15.7. The van der Waals surface area contributed by atoms with Crippen LogP contribution in [0.2, 0.25) is 0 Å². The molecule has 0 atom stereocenters. The fourth-order valence-electron chi connectivity index (χ4n) is 3.77. The van der Waals surface area contributed by atoms with E-state index in [4.69, 9.17) is 10.4 Å². The number of aromatic nitrogens is 5. The molecule has 3 N–H and O–H groups in total. The number of nitrogens with zero attached hydrogens (tertiary/aromatic N) is 5. The van der Waals surface area contributed by atoms with E-state index in [-0.39, 0.29) is 11.7 Å². The Labute approximate surface area is 183 Å². The number of imidazole rings is 1. The predicted octanol–water partition coefficient (Wildman–Crippen LogP) is 4.03. The Morgan fingerprint density at radius 1 is 1.03 bits per heavy atom. The van der Waals surface area contributed by atoms with E-state index in [1.165, 1.54) is 0 Å². The number of amides is 1. The molecule has 5 aromatic rings. The molecule has 0 spiro atoms. The van der Waals surface area contributed by atoms with Crippen LogP contribution in [-0.4, -0.2) is 30.8 Å². The van der Waals surface area contributed by atoms with Gasteiger partial charge in [0, 0.05) is 30.2 Å². The highest BCUT2D eigenvalue weighted by atomic mass is 16.6. The minimum atomic E-state index is -0.0195. The number of rotatable bonds is 7. The highest BCUT2D eigenvalue weighted by Gasteiger charge is 2.18. The lowest BCUT2D eigenvalue weighted by atomic mass is 10.2. The zero-order chi connectivity index (χ0) is 21.9. The topological polar surface area (TPSA) is 125 Å². The number of carbonyl (C=O) groups excluding carboxylic acids is 1. The highest BCUT2D eigenvalue weighted by molar-refractivity contribution is 5.93. The molecular formula is C23H21N7O2. The molecule has 0 aliphatic carbocycles. The number of carbonyl (C=O) groups is 1. The smallest absolute Gasteiger partial charge is 0.224 e. The van der Waals surface area contributed by atoms with Crippen LogP contribution in [0.3, 0.4) is 0 Å². The Bertz CT molecular complexity index is 1410. The third-order valence-electron chi connectivity index (χ3n) is 5.30. The summed E-state index contributed by atoms with van der Waals surface area (Å²) in [7, 11) is 0. The Hall–Kier alpha value is -4.27. The van der Waals surface area contributed by atoms with Gasteiger partial charge in [-0.05, 0) is 59.6 Å². The molecule has 0 aliphatic heterocycles. The van der Waals surface area contributed by atoms with Crippen LogP contribution in [0, 0.1) is 0 Å². The van der Waals surface area contributed by atoms with E-state index < -0.39 is 0 Å². The summed E-state index contributed by atoms with van der Waals surface area (Å²) in [6, 6.07) is 17.4. The van der Waals surface area contributed by atoms with E-state index >= 15 is 0 Å². The minimum absolute atomic E-state index is 0.0195. The molecule has 0 fully saturated rings. The van der Waals surface area contributed by atoms with E-state index in [1.807, 2.05) is 59.2 Å². The van der Waals surface area contributed by atoms with Crippen molar-refractivity contribution in [3.63, 3.8) is 0 Å². The highest BCUT2D eigenvalue weighted by Crippen LogP contribution is 2.27. The van der Waals surface area contributed by atoms with Gasteiger partial charge in [-0.2, -0.15) is 0 Å². The van der Waals surface area contributed by atoms with Gasteiger partial charge in [-0.15, -0.1) is 0 Å². The number of nitrogens with one attached hydrogen (secondary N) is 1. The zero-order valence-corrected chi connectivity index (χ0v) is 17.2. The van der Waals surface area contributed by atoms with Crippen molar-refractivity contribution >= 4 is 39.3 Å². The molecule has 0 saturated heterocycles. The zero-order valence-electron chi connectivity index (χ0n) is 17.2. The lowest BCUT2D eigenvalue weighted by molar-refractivity contribution is -0.116. The third-order valence-corrected chi connectivity index (χ3v) is 5.30. The minimum Gasteiger partial charge on any atom is -0.379 e. The third kappa shape index (κ3) is 3.87. The second-order valence-corrected chi connectivity index (χ2v) is 7.49. The Balaban J connectivity index is 1.23. The Morgan fingerprint density at radius 3 is 2.81 bits per heavy atom. The van der Waals surface area contributed by atoms with Crippen LogP contribution in [0.4, 0.5) is 11.5 Å². The van der Waals surface area contributed by atoms with Crippen LogP contribution >= 0.6 is 0 Å². The number of fused-ring (bicyclic) bond motifs is 2. The van der Waals surface area contributed by atoms with Crippen molar-refractivity contribution in [3.05, 3.63) is 60.8 Å². The van der Waals surface area contributed by atoms with Gasteiger partial charge in [0.15, 0.2) is 17.3 Å². The molecule has 9 nitrogen and oxygen atoms in total. The van der Waals surface area contributed by atoms with E-state index in [2.05, 4.69) is 25.6 Å². The lowest BCUT2D eigenvalue weighted by Gasteiger charge is -2.09. The first kappa shape index (κ1) is 19.7. The van der Waals surface area contributed by atoms with Crippen LogP contribution in [0.1, 0.15) is 19.3 Å². The number of anilines is 2. The number of benzene rings is 2. The second-order valence-electron chi connectivity index (χ2n) is 7.49. The fraction of sp³-hybridized carbons (Fsp3) is 0.174. The number of hydrogen-bond acceptors (Lipinski definition) is 7. The van der Waals surface area contributed by atoms with Crippen LogP contribution < -0.4 is 11.1 Å². The molecule has 3 heterocycles. The van der Waals surface area contributed by atoms with Crippen molar-refractivity contribution < 1.29 is 9.42 Å². The van der Waals surface area contributed by atoms with Crippen molar-refractivity contribution in [2.45, 2.75) is 25.8 Å². The van der Waals surface area contributed by atoms with Gasteiger partial charge in [-0.25, -0.2) is 9.61 Å². The van der Waals surface area contributed by atoms with Crippen molar-refractivity contribution in [2.24, 2.45) is 0 Å². The van der Waals surface area contributed by atoms with Crippen molar-refractivity contribution in [3.8, 4) is 11.5 Å². The number of nitrogens with two attached hydrogens (primary N) is 1. The maximum atomic E-state index is 12.4. The molecule has 9 heteroatoms. The molecule has 160 valence electrons. The quantitative estimate of drug-likeness (QED) is 0.376. The van der Waals surface area contributed by atoms with E-state index in [0.717, 1.165) is 40.5 Å². The number of para-hydroxylation sites is 2. The summed E-state index contributed by atoms with van der Waals surface area (Å²) in [5.74, 6) is 0.791. The molecule has 1 amide bonds. The molecule has 32 heavy (non-hydrogen) atoms. The summed E-state index contributed by atoms with van der Waals surface area (Å²) in [5.41, 5.74) is 9.79. The van der Waals surface area contributed by atoms with Gasteiger partial charge in [-0.1, -0.05) is 18.2 Å². The molecule has 0 aliphatic rings. The average Bonchev–Trinajstić information content (AvgIpc) is 3.39. The monoisotopic (exact) mass is 427 g/mol. The summed E-state index contributed by atoms with van der Waals surface area (Å²) >= 11 is 0. The molecule has 3 aromatic heterocycles. The van der Waals surface area contributed by atoms with Crippen LogP contribution in [-0.2, 0) is 11.3 Å². The molecule has 5 rings (SSSR count). The van der Waals surface area contributed by atoms with E-state index in [1.54, 1.807) is 6.20 Å². The molecule has 0 bridgehead atoms.